The Morgan fingerprint density at radius 1 is 1.42 bits per heavy atom. The Hall–Kier alpha value is -2.54. The van der Waals surface area contributed by atoms with Crippen molar-refractivity contribution in [2.45, 2.75) is 19.4 Å². The van der Waals surface area contributed by atoms with Crippen LogP contribution in [-0.4, -0.2) is 21.6 Å². The molecule has 4 nitrogen and oxygen atoms in total. The van der Waals surface area contributed by atoms with Crippen molar-refractivity contribution in [3.05, 3.63) is 35.9 Å². The van der Waals surface area contributed by atoms with Crippen molar-refractivity contribution >= 4 is 22.7 Å². The van der Waals surface area contributed by atoms with Crippen LogP contribution in [0.5, 0.6) is 0 Å². The van der Waals surface area contributed by atoms with Crippen LogP contribution in [0.15, 0.2) is 30.3 Å². The van der Waals surface area contributed by atoms with Gasteiger partial charge < -0.3 is 10.4 Å². The van der Waals surface area contributed by atoms with Crippen molar-refractivity contribution in [3.63, 3.8) is 0 Å². The molecule has 96 valence electrons. The van der Waals surface area contributed by atoms with Crippen LogP contribution in [0.3, 0.4) is 0 Å². The number of anilines is 1. The highest BCUT2D eigenvalue weighted by Gasteiger charge is 2.17. The number of nitrogens with zero attached hydrogens (tertiary/aromatic N) is 1. The van der Waals surface area contributed by atoms with E-state index in [9.17, 15) is 9.90 Å². The van der Waals surface area contributed by atoms with Gasteiger partial charge in [-0.1, -0.05) is 24.1 Å². The highest BCUT2D eigenvalue weighted by Crippen LogP contribution is 2.22. The number of aromatic nitrogens is 1. The first-order chi connectivity index (χ1) is 8.93. The number of terminal acetylenes is 1. The lowest BCUT2D eigenvalue weighted by Gasteiger charge is -2.20. The van der Waals surface area contributed by atoms with Crippen LogP contribution in [-0.2, 0) is 0 Å². The molecule has 0 atom stereocenters. The fraction of sp³-hybridized carbons (Fsp3) is 0.200. The van der Waals surface area contributed by atoms with Crippen molar-refractivity contribution in [1.29, 1.82) is 0 Å². The van der Waals surface area contributed by atoms with E-state index in [-0.39, 0.29) is 5.56 Å². The van der Waals surface area contributed by atoms with Gasteiger partial charge in [-0.2, -0.15) is 0 Å². The zero-order valence-electron chi connectivity index (χ0n) is 10.8. The summed E-state index contributed by atoms with van der Waals surface area (Å²) < 4.78 is 0. The lowest BCUT2D eigenvalue weighted by Crippen LogP contribution is -2.29. The molecule has 0 aliphatic heterocycles. The maximum Gasteiger partial charge on any atom is 0.336 e. The third-order valence-electron chi connectivity index (χ3n) is 2.75. The topological polar surface area (TPSA) is 62.2 Å². The fourth-order valence-corrected chi connectivity index (χ4v) is 1.77. The predicted molar refractivity (Wildman–Crippen MR) is 75.2 cm³/mol. The maximum absolute atomic E-state index is 11.3. The molecule has 0 bridgehead atoms. The third kappa shape index (κ3) is 2.66. The molecule has 0 saturated heterocycles. The number of hydrogen-bond donors (Lipinski definition) is 2. The number of fused-ring (bicyclic) bond motifs is 1. The largest absolute Gasteiger partial charge is 0.478 e. The first-order valence-corrected chi connectivity index (χ1v) is 5.82. The van der Waals surface area contributed by atoms with Gasteiger partial charge in [-0.3, -0.25) is 0 Å². The summed E-state index contributed by atoms with van der Waals surface area (Å²) in [5.41, 5.74) is 0.240. The molecule has 1 heterocycles. The minimum atomic E-state index is -0.986. The van der Waals surface area contributed by atoms with Crippen LogP contribution in [0, 0.1) is 12.3 Å². The highest BCUT2D eigenvalue weighted by molar-refractivity contribution is 6.03. The molecule has 0 unspecified atom stereocenters. The zero-order chi connectivity index (χ0) is 14.0. The molecule has 1 aromatic heterocycles. The van der Waals surface area contributed by atoms with Gasteiger partial charge in [-0.15, -0.1) is 6.42 Å². The van der Waals surface area contributed by atoms with Gasteiger partial charge in [0.1, 0.15) is 5.82 Å². The predicted octanol–water partition coefficient (Wildman–Crippen LogP) is 2.76. The van der Waals surface area contributed by atoms with Gasteiger partial charge >= 0.3 is 5.97 Å². The molecule has 0 spiro atoms. The number of hydrogen-bond acceptors (Lipinski definition) is 3. The summed E-state index contributed by atoms with van der Waals surface area (Å²) in [6.07, 6.45) is 5.41. The normalized spacial score (nSPS) is 11.0. The Balaban J connectivity index is 2.59. The summed E-state index contributed by atoms with van der Waals surface area (Å²) in [6, 6.07) is 8.62. The van der Waals surface area contributed by atoms with Gasteiger partial charge in [0.25, 0.3) is 0 Å². The van der Waals surface area contributed by atoms with E-state index in [1.54, 1.807) is 18.2 Å². The molecule has 0 aliphatic rings. The number of pyridine rings is 1. The minimum absolute atomic E-state index is 0.209. The second-order valence-electron chi connectivity index (χ2n) is 4.77. The van der Waals surface area contributed by atoms with Crippen LogP contribution >= 0.6 is 0 Å². The second kappa shape index (κ2) is 4.62. The van der Waals surface area contributed by atoms with E-state index in [4.69, 9.17) is 6.42 Å². The standard InChI is InChI=1S/C15H14N2O2/c1-4-15(2,3)17-13-9-11(14(18)19)10-7-5-6-8-12(10)16-13/h1,5-9H,2-3H3,(H,16,17)(H,18,19). The summed E-state index contributed by atoms with van der Waals surface area (Å²) in [5, 5.41) is 12.9. The maximum atomic E-state index is 11.3. The average molecular weight is 254 g/mol. The van der Waals surface area contributed by atoms with Crippen LogP contribution in [0.4, 0.5) is 5.82 Å². The summed E-state index contributed by atoms with van der Waals surface area (Å²) in [5.74, 6) is 2.06. The molecule has 0 fully saturated rings. The first kappa shape index (κ1) is 12.9. The lowest BCUT2D eigenvalue weighted by molar-refractivity contribution is 0.0699. The SMILES string of the molecule is C#CC(C)(C)Nc1cc(C(=O)O)c2ccccc2n1. The number of carboxylic acid groups (broad SMARTS) is 1. The number of carboxylic acids is 1. The Bertz CT molecular complexity index is 684. The number of aromatic carboxylic acids is 1. The van der Waals surface area contributed by atoms with Gasteiger partial charge in [0.2, 0.25) is 0 Å². The van der Waals surface area contributed by atoms with Crippen molar-refractivity contribution in [1.82, 2.24) is 4.98 Å². The molecule has 0 amide bonds. The fourth-order valence-electron chi connectivity index (χ4n) is 1.77. The van der Waals surface area contributed by atoms with Crippen LogP contribution < -0.4 is 5.32 Å². The van der Waals surface area contributed by atoms with E-state index in [2.05, 4.69) is 16.2 Å². The number of benzene rings is 1. The van der Waals surface area contributed by atoms with Crippen molar-refractivity contribution in [3.8, 4) is 12.3 Å². The number of para-hydroxylation sites is 1. The number of nitrogens with one attached hydrogen (secondary N) is 1. The third-order valence-corrected chi connectivity index (χ3v) is 2.75. The van der Waals surface area contributed by atoms with Gasteiger partial charge in [0.05, 0.1) is 16.6 Å². The smallest absolute Gasteiger partial charge is 0.336 e. The Morgan fingerprint density at radius 3 is 2.74 bits per heavy atom. The Morgan fingerprint density at radius 2 is 2.11 bits per heavy atom. The molecule has 2 N–H and O–H groups in total. The molecule has 0 radical (unpaired) electrons. The van der Waals surface area contributed by atoms with Crippen molar-refractivity contribution in [2.24, 2.45) is 0 Å². The second-order valence-corrected chi connectivity index (χ2v) is 4.77. The van der Waals surface area contributed by atoms with Crippen molar-refractivity contribution in [2.75, 3.05) is 5.32 Å². The van der Waals surface area contributed by atoms with Crippen LogP contribution in [0.2, 0.25) is 0 Å². The minimum Gasteiger partial charge on any atom is -0.478 e. The van der Waals surface area contributed by atoms with Gasteiger partial charge in [-0.05, 0) is 26.0 Å². The zero-order valence-corrected chi connectivity index (χ0v) is 10.8. The summed E-state index contributed by atoms with van der Waals surface area (Å²) in [4.78, 5) is 15.7. The molecule has 2 rings (SSSR count). The highest BCUT2D eigenvalue weighted by atomic mass is 16.4. The summed E-state index contributed by atoms with van der Waals surface area (Å²) in [6.45, 7) is 3.65. The van der Waals surface area contributed by atoms with Gasteiger partial charge in [-0.25, -0.2) is 9.78 Å². The summed E-state index contributed by atoms with van der Waals surface area (Å²) in [7, 11) is 0. The van der Waals surface area contributed by atoms with E-state index in [0.29, 0.717) is 16.7 Å². The Kier molecular flexibility index (Phi) is 3.14. The molecule has 19 heavy (non-hydrogen) atoms. The Labute approximate surface area is 111 Å². The summed E-state index contributed by atoms with van der Waals surface area (Å²) >= 11 is 0. The lowest BCUT2D eigenvalue weighted by atomic mass is 10.1. The number of rotatable bonds is 3. The molecular weight excluding hydrogens is 240 g/mol. The molecule has 2 aromatic rings. The molecule has 4 heteroatoms. The molecule has 0 saturated carbocycles. The first-order valence-electron chi connectivity index (χ1n) is 5.82. The molecular formula is C15H14N2O2. The van der Waals surface area contributed by atoms with E-state index < -0.39 is 11.5 Å². The van der Waals surface area contributed by atoms with E-state index in [0.717, 1.165) is 0 Å². The molecule has 1 aromatic carbocycles. The van der Waals surface area contributed by atoms with Crippen LogP contribution in [0.1, 0.15) is 24.2 Å². The van der Waals surface area contributed by atoms with E-state index in [1.807, 2.05) is 19.9 Å². The number of carbonyl (C=O) groups is 1. The van der Waals surface area contributed by atoms with Gasteiger partial charge in [0.15, 0.2) is 0 Å². The monoisotopic (exact) mass is 254 g/mol. The quantitative estimate of drug-likeness (QED) is 0.827. The average Bonchev–Trinajstić information content (AvgIpc) is 2.37. The van der Waals surface area contributed by atoms with E-state index in [1.165, 1.54) is 6.07 Å². The molecule has 0 aliphatic carbocycles. The van der Waals surface area contributed by atoms with Gasteiger partial charge in [0, 0.05) is 5.39 Å². The van der Waals surface area contributed by atoms with E-state index >= 15 is 0 Å². The van der Waals surface area contributed by atoms with Crippen molar-refractivity contribution < 1.29 is 9.90 Å². The van der Waals surface area contributed by atoms with Crippen LogP contribution in [0.25, 0.3) is 10.9 Å².